The fourth-order valence-corrected chi connectivity index (χ4v) is 2.05. The third-order valence-corrected chi connectivity index (χ3v) is 3.09. The summed E-state index contributed by atoms with van der Waals surface area (Å²) in [5, 5.41) is 0. The normalized spacial score (nSPS) is 16.1. The lowest BCUT2D eigenvalue weighted by Crippen LogP contribution is -2.49. The Morgan fingerprint density at radius 3 is 2.65 bits per heavy atom. The van der Waals surface area contributed by atoms with Crippen molar-refractivity contribution >= 4 is 23.3 Å². The van der Waals surface area contributed by atoms with Crippen molar-refractivity contribution in [2.45, 2.75) is 6.92 Å². The third kappa shape index (κ3) is 2.85. The van der Waals surface area contributed by atoms with E-state index < -0.39 is 0 Å². The zero-order chi connectivity index (χ0) is 12.3. The fraction of sp³-hybridized carbons (Fsp3) is 0.545. The lowest BCUT2D eigenvalue weighted by atomic mass is 10.3. The first-order chi connectivity index (χ1) is 8.20. The molecule has 0 bridgehead atoms. The molecule has 2 rings (SSSR count). The minimum absolute atomic E-state index is 0.00480. The minimum atomic E-state index is 0.00480. The van der Waals surface area contributed by atoms with E-state index in [0.717, 1.165) is 24.6 Å². The minimum Gasteiger partial charge on any atom is -0.353 e. The Kier molecular flexibility index (Phi) is 3.78. The van der Waals surface area contributed by atoms with Gasteiger partial charge in [0.05, 0.1) is 0 Å². The molecule has 0 saturated carbocycles. The van der Waals surface area contributed by atoms with Crippen molar-refractivity contribution in [1.29, 1.82) is 0 Å². The summed E-state index contributed by atoms with van der Waals surface area (Å²) >= 11 is 5.53. The number of amides is 1. The maximum Gasteiger partial charge on any atom is 0.237 e. The van der Waals surface area contributed by atoms with Gasteiger partial charge in [0.2, 0.25) is 5.91 Å². The van der Waals surface area contributed by atoms with Gasteiger partial charge < -0.3 is 9.80 Å². The van der Waals surface area contributed by atoms with Gasteiger partial charge in [0.15, 0.2) is 0 Å². The lowest BCUT2D eigenvalue weighted by molar-refractivity contribution is -0.128. The topological polar surface area (TPSA) is 49.3 Å². The molecule has 1 amide bonds. The quantitative estimate of drug-likeness (QED) is 0.728. The maximum absolute atomic E-state index is 11.4. The number of halogens is 1. The van der Waals surface area contributed by atoms with Crippen LogP contribution in [0.4, 0.5) is 5.82 Å². The summed E-state index contributed by atoms with van der Waals surface area (Å²) in [7, 11) is 0. The number of rotatable bonds is 2. The van der Waals surface area contributed by atoms with Crippen LogP contribution in [-0.4, -0.2) is 52.8 Å². The molecule has 1 saturated heterocycles. The van der Waals surface area contributed by atoms with Crippen molar-refractivity contribution < 1.29 is 4.79 Å². The zero-order valence-corrected chi connectivity index (χ0v) is 10.5. The molecule has 0 unspecified atom stereocenters. The van der Waals surface area contributed by atoms with Crippen LogP contribution >= 0.6 is 11.6 Å². The number of carbonyl (C=O) groups is 1. The molecule has 0 N–H and O–H groups in total. The van der Waals surface area contributed by atoms with Gasteiger partial charge in [-0.2, -0.15) is 0 Å². The van der Waals surface area contributed by atoms with E-state index in [4.69, 9.17) is 11.6 Å². The molecule has 0 radical (unpaired) electrons. The number of nitrogens with zero attached hydrogens (tertiary/aromatic N) is 4. The van der Waals surface area contributed by atoms with Gasteiger partial charge in [-0.15, -0.1) is 11.6 Å². The van der Waals surface area contributed by atoms with Gasteiger partial charge in [-0.25, -0.2) is 9.97 Å². The molecule has 1 fully saturated rings. The van der Waals surface area contributed by atoms with Crippen molar-refractivity contribution in [1.82, 2.24) is 14.9 Å². The van der Waals surface area contributed by atoms with Crippen LogP contribution in [0.1, 0.15) is 5.69 Å². The molecular weight excluding hydrogens is 240 g/mol. The summed E-state index contributed by atoms with van der Waals surface area (Å²) in [5.41, 5.74) is 0.953. The molecule has 1 aromatic rings. The summed E-state index contributed by atoms with van der Waals surface area (Å²) < 4.78 is 0. The van der Waals surface area contributed by atoms with E-state index in [1.165, 1.54) is 0 Å². The first-order valence-corrected chi connectivity index (χ1v) is 6.11. The maximum atomic E-state index is 11.4. The Hall–Kier alpha value is -1.36. The Balaban J connectivity index is 1.97. The van der Waals surface area contributed by atoms with Crippen molar-refractivity contribution in [3.05, 3.63) is 18.1 Å². The number of aryl methyl sites for hydroxylation is 1. The van der Waals surface area contributed by atoms with Crippen LogP contribution in [0.15, 0.2) is 12.4 Å². The van der Waals surface area contributed by atoms with Crippen LogP contribution in [0.3, 0.4) is 0 Å². The number of hydrogen-bond acceptors (Lipinski definition) is 4. The second-order valence-corrected chi connectivity index (χ2v) is 4.29. The molecule has 0 aliphatic carbocycles. The second-order valence-electron chi connectivity index (χ2n) is 4.02. The lowest BCUT2D eigenvalue weighted by Gasteiger charge is -2.35. The van der Waals surface area contributed by atoms with Gasteiger partial charge in [0.1, 0.15) is 18.0 Å². The summed E-state index contributed by atoms with van der Waals surface area (Å²) in [6, 6.07) is 1.96. The van der Waals surface area contributed by atoms with E-state index in [1.807, 2.05) is 13.0 Å². The number of carbonyl (C=O) groups excluding carboxylic acids is 1. The van der Waals surface area contributed by atoms with Crippen LogP contribution in [0.2, 0.25) is 0 Å². The van der Waals surface area contributed by atoms with E-state index in [9.17, 15) is 4.79 Å². The predicted octanol–water partition coefficient (Wildman–Crippen LogP) is 0.672. The molecule has 1 aliphatic rings. The van der Waals surface area contributed by atoms with Crippen molar-refractivity contribution in [2.24, 2.45) is 0 Å². The SMILES string of the molecule is Cc1cc(N2CCN(C(=O)CCl)CC2)ncn1. The summed E-state index contributed by atoms with van der Waals surface area (Å²) in [6.45, 7) is 4.93. The van der Waals surface area contributed by atoms with Gasteiger partial charge in [0, 0.05) is 37.9 Å². The van der Waals surface area contributed by atoms with E-state index in [-0.39, 0.29) is 11.8 Å². The smallest absolute Gasteiger partial charge is 0.237 e. The van der Waals surface area contributed by atoms with Crippen molar-refractivity contribution in [3.8, 4) is 0 Å². The van der Waals surface area contributed by atoms with Gasteiger partial charge in [0.25, 0.3) is 0 Å². The summed E-state index contributed by atoms with van der Waals surface area (Å²) in [4.78, 5) is 23.7. The van der Waals surface area contributed by atoms with Crippen molar-refractivity contribution in [3.63, 3.8) is 0 Å². The van der Waals surface area contributed by atoms with Gasteiger partial charge in [-0.1, -0.05) is 0 Å². The highest BCUT2D eigenvalue weighted by molar-refractivity contribution is 6.27. The van der Waals surface area contributed by atoms with E-state index in [2.05, 4.69) is 14.9 Å². The number of anilines is 1. The molecular formula is C11H15ClN4O. The standard InChI is InChI=1S/C11H15ClN4O/c1-9-6-10(14-8-13-9)15-2-4-16(5-3-15)11(17)7-12/h6,8H,2-5,7H2,1H3. The van der Waals surface area contributed by atoms with Crippen LogP contribution in [0.5, 0.6) is 0 Å². The van der Waals surface area contributed by atoms with Gasteiger partial charge >= 0.3 is 0 Å². The molecule has 1 aliphatic heterocycles. The van der Waals surface area contributed by atoms with E-state index in [0.29, 0.717) is 13.1 Å². The van der Waals surface area contributed by atoms with Crippen LogP contribution < -0.4 is 4.90 Å². The monoisotopic (exact) mass is 254 g/mol. The highest BCUT2D eigenvalue weighted by Gasteiger charge is 2.21. The molecule has 0 spiro atoms. The largest absolute Gasteiger partial charge is 0.353 e. The fourth-order valence-electron chi connectivity index (χ4n) is 1.88. The average Bonchev–Trinajstić information content (AvgIpc) is 2.38. The molecule has 17 heavy (non-hydrogen) atoms. The zero-order valence-electron chi connectivity index (χ0n) is 9.77. The van der Waals surface area contributed by atoms with E-state index in [1.54, 1.807) is 11.2 Å². The molecule has 5 nitrogen and oxygen atoms in total. The van der Waals surface area contributed by atoms with Gasteiger partial charge in [-0.05, 0) is 6.92 Å². The Bertz CT molecular complexity index is 404. The number of piperazine rings is 1. The number of hydrogen-bond donors (Lipinski definition) is 0. The van der Waals surface area contributed by atoms with Gasteiger partial charge in [-0.3, -0.25) is 4.79 Å². The second kappa shape index (κ2) is 5.31. The first-order valence-electron chi connectivity index (χ1n) is 5.58. The predicted molar refractivity (Wildman–Crippen MR) is 66.3 cm³/mol. The highest BCUT2D eigenvalue weighted by Crippen LogP contribution is 2.13. The number of alkyl halides is 1. The van der Waals surface area contributed by atoms with Crippen molar-refractivity contribution in [2.75, 3.05) is 37.0 Å². The Labute approximate surface area is 105 Å². The van der Waals surface area contributed by atoms with E-state index >= 15 is 0 Å². The molecule has 92 valence electrons. The highest BCUT2D eigenvalue weighted by atomic mass is 35.5. The molecule has 6 heteroatoms. The van der Waals surface area contributed by atoms with Crippen LogP contribution in [-0.2, 0) is 4.79 Å². The molecule has 2 heterocycles. The first kappa shape index (κ1) is 12.1. The molecule has 0 atom stereocenters. The number of aromatic nitrogens is 2. The summed E-state index contributed by atoms with van der Waals surface area (Å²) in [5.74, 6) is 0.993. The summed E-state index contributed by atoms with van der Waals surface area (Å²) in [6.07, 6.45) is 1.57. The molecule has 0 aromatic carbocycles. The average molecular weight is 255 g/mol. The van der Waals surface area contributed by atoms with Crippen LogP contribution in [0.25, 0.3) is 0 Å². The molecule has 1 aromatic heterocycles. The Morgan fingerprint density at radius 2 is 2.06 bits per heavy atom. The third-order valence-electron chi connectivity index (χ3n) is 2.86. The van der Waals surface area contributed by atoms with Crippen LogP contribution in [0, 0.1) is 6.92 Å². The Morgan fingerprint density at radius 1 is 1.35 bits per heavy atom.